The van der Waals surface area contributed by atoms with E-state index in [1.807, 2.05) is 26.0 Å². The van der Waals surface area contributed by atoms with Crippen molar-refractivity contribution in [1.29, 1.82) is 0 Å². The molecule has 1 fully saturated rings. The van der Waals surface area contributed by atoms with Gasteiger partial charge in [-0.25, -0.2) is 0 Å². The molecule has 0 unspecified atom stereocenters. The van der Waals surface area contributed by atoms with Crippen molar-refractivity contribution in [3.8, 4) is 0 Å². The van der Waals surface area contributed by atoms with Gasteiger partial charge in [-0.15, -0.1) is 0 Å². The molecular formula is C14H19NO2. The predicted octanol–water partition coefficient (Wildman–Crippen LogP) is 2.01. The zero-order valence-electron chi connectivity index (χ0n) is 10.4. The fourth-order valence-corrected chi connectivity index (χ4v) is 2.73. The summed E-state index contributed by atoms with van der Waals surface area (Å²) in [4.78, 5) is 11.7. The first kappa shape index (κ1) is 12.1. The molecule has 3 nitrogen and oxygen atoms in total. The largest absolute Gasteiger partial charge is 0.481 e. The molecule has 1 saturated heterocycles. The molecule has 0 bridgehead atoms. The van der Waals surface area contributed by atoms with E-state index in [0.717, 1.165) is 29.8 Å². The van der Waals surface area contributed by atoms with E-state index in [4.69, 9.17) is 0 Å². The highest BCUT2D eigenvalue weighted by atomic mass is 16.4. The van der Waals surface area contributed by atoms with Gasteiger partial charge in [0.2, 0.25) is 0 Å². The Morgan fingerprint density at radius 1 is 1.18 bits per heavy atom. The van der Waals surface area contributed by atoms with E-state index in [0.29, 0.717) is 12.8 Å². The summed E-state index contributed by atoms with van der Waals surface area (Å²) in [6, 6.07) is 6.12. The Labute approximate surface area is 102 Å². The lowest BCUT2D eigenvalue weighted by atomic mass is 9.72. The average molecular weight is 233 g/mol. The highest BCUT2D eigenvalue weighted by Crippen LogP contribution is 2.34. The van der Waals surface area contributed by atoms with Crippen molar-refractivity contribution in [2.24, 2.45) is 0 Å². The number of piperidine rings is 1. The number of aryl methyl sites for hydroxylation is 2. The number of rotatable bonds is 2. The number of benzene rings is 1. The maximum atomic E-state index is 11.7. The number of carboxylic acids is 1. The lowest BCUT2D eigenvalue weighted by Crippen LogP contribution is -2.45. The van der Waals surface area contributed by atoms with Gasteiger partial charge in [0.15, 0.2) is 0 Å². The van der Waals surface area contributed by atoms with Crippen LogP contribution in [0.15, 0.2) is 18.2 Å². The van der Waals surface area contributed by atoms with Gasteiger partial charge in [0.1, 0.15) is 0 Å². The van der Waals surface area contributed by atoms with Crippen molar-refractivity contribution in [2.75, 3.05) is 13.1 Å². The quantitative estimate of drug-likeness (QED) is 0.821. The van der Waals surface area contributed by atoms with Gasteiger partial charge in [0, 0.05) is 0 Å². The van der Waals surface area contributed by atoms with Crippen LogP contribution in [0.25, 0.3) is 0 Å². The summed E-state index contributed by atoms with van der Waals surface area (Å²) in [7, 11) is 0. The maximum Gasteiger partial charge on any atom is 0.314 e. The Balaban J connectivity index is 2.48. The lowest BCUT2D eigenvalue weighted by molar-refractivity contribution is -0.145. The van der Waals surface area contributed by atoms with Crippen molar-refractivity contribution >= 4 is 5.97 Å². The highest BCUT2D eigenvalue weighted by molar-refractivity contribution is 5.81. The van der Waals surface area contributed by atoms with E-state index < -0.39 is 11.4 Å². The standard InChI is InChI=1S/C14H19NO2/c1-10-7-11(2)9-12(8-10)14(13(16)17)3-5-15-6-4-14/h7-9,15H,3-6H2,1-2H3,(H,16,17). The molecule has 2 N–H and O–H groups in total. The molecule has 92 valence electrons. The van der Waals surface area contributed by atoms with Gasteiger partial charge >= 0.3 is 5.97 Å². The second kappa shape index (κ2) is 4.49. The molecule has 1 aromatic carbocycles. The van der Waals surface area contributed by atoms with Crippen LogP contribution < -0.4 is 5.32 Å². The molecule has 2 rings (SSSR count). The first-order chi connectivity index (χ1) is 8.04. The summed E-state index contributed by atoms with van der Waals surface area (Å²) in [6.45, 7) is 5.60. The first-order valence-corrected chi connectivity index (χ1v) is 6.07. The second-order valence-electron chi connectivity index (χ2n) is 5.01. The SMILES string of the molecule is Cc1cc(C)cc(C2(C(=O)O)CCNCC2)c1. The molecule has 3 heteroatoms. The van der Waals surface area contributed by atoms with Gasteiger partial charge in [0.05, 0.1) is 5.41 Å². The highest BCUT2D eigenvalue weighted by Gasteiger charge is 2.41. The van der Waals surface area contributed by atoms with Crippen LogP contribution in [-0.2, 0) is 10.2 Å². The van der Waals surface area contributed by atoms with Gasteiger partial charge in [-0.3, -0.25) is 4.79 Å². The topological polar surface area (TPSA) is 49.3 Å². The Morgan fingerprint density at radius 3 is 2.18 bits per heavy atom. The fourth-order valence-electron chi connectivity index (χ4n) is 2.73. The predicted molar refractivity (Wildman–Crippen MR) is 67.3 cm³/mol. The van der Waals surface area contributed by atoms with Crippen molar-refractivity contribution in [2.45, 2.75) is 32.1 Å². The first-order valence-electron chi connectivity index (χ1n) is 6.07. The molecule has 1 heterocycles. The Kier molecular flexibility index (Phi) is 3.20. The van der Waals surface area contributed by atoms with Crippen molar-refractivity contribution in [3.63, 3.8) is 0 Å². The molecule has 0 aliphatic carbocycles. The van der Waals surface area contributed by atoms with E-state index in [2.05, 4.69) is 11.4 Å². The number of hydrogen-bond acceptors (Lipinski definition) is 2. The minimum atomic E-state index is -0.692. The van der Waals surface area contributed by atoms with Crippen LogP contribution in [0.3, 0.4) is 0 Å². The Bertz CT molecular complexity index is 414. The van der Waals surface area contributed by atoms with E-state index >= 15 is 0 Å². The second-order valence-corrected chi connectivity index (χ2v) is 5.01. The molecular weight excluding hydrogens is 214 g/mol. The van der Waals surface area contributed by atoms with Crippen LogP contribution in [0.5, 0.6) is 0 Å². The maximum absolute atomic E-state index is 11.7. The van der Waals surface area contributed by atoms with Crippen molar-refractivity contribution < 1.29 is 9.90 Å². The lowest BCUT2D eigenvalue weighted by Gasteiger charge is -2.34. The molecule has 0 radical (unpaired) electrons. The third-order valence-electron chi connectivity index (χ3n) is 3.64. The van der Waals surface area contributed by atoms with E-state index in [1.54, 1.807) is 0 Å². The minimum Gasteiger partial charge on any atom is -0.481 e. The molecule has 1 aliphatic rings. The van der Waals surface area contributed by atoms with Gasteiger partial charge in [-0.2, -0.15) is 0 Å². The van der Waals surface area contributed by atoms with E-state index in [1.165, 1.54) is 0 Å². The molecule has 0 atom stereocenters. The number of hydrogen-bond donors (Lipinski definition) is 2. The molecule has 1 aliphatic heterocycles. The zero-order valence-corrected chi connectivity index (χ0v) is 10.4. The van der Waals surface area contributed by atoms with Crippen LogP contribution in [0, 0.1) is 13.8 Å². The normalized spacial score (nSPS) is 18.9. The molecule has 0 amide bonds. The van der Waals surface area contributed by atoms with Crippen LogP contribution >= 0.6 is 0 Å². The number of carboxylic acid groups (broad SMARTS) is 1. The molecule has 1 aromatic rings. The third kappa shape index (κ3) is 2.20. The fraction of sp³-hybridized carbons (Fsp3) is 0.500. The van der Waals surface area contributed by atoms with Crippen molar-refractivity contribution in [1.82, 2.24) is 5.32 Å². The minimum absolute atomic E-state index is 0.672. The molecule has 0 spiro atoms. The smallest absolute Gasteiger partial charge is 0.314 e. The third-order valence-corrected chi connectivity index (χ3v) is 3.64. The summed E-state index contributed by atoms with van der Waals surface area (Å²) in [5.74, 6) is -0.691. The summed E-state index contributed by atoms with van der Waals surface area (Å²) >= 11 is 0. The zero-order chi connectivity index (χ0) is 12.5. The Hall–Kier alpha value is -1.35. The number of carbonyl (C=O) groups is 1. The van der Waals surface area contributed by atoms with E-state index in [-0.39, 0.29) is 0 Å². The Morgan fingerprint density at radius 2 is 1.71 bits per heavy atom. The van der Waals surface area contributed by atoms with Crippen LogP contribution in [0.1, 0.15) is 29.5 Å². The summed E-state index contributed by atoms with van der Waals surface area (Å²) in [6.07, 6.45) is 1.34. The molecule has 0 saturated carbocycles. The van der Waals surface area contributed by atoms with Crippen LogP contribution in [0.4, 0.5) is 0 Å². The van der Waals surface area contributed by atoms with Gasteiger partial charge in [0.25, 0.3) is 0 Å². The summed E-state index contributed by atoms with van der Waals surface area (Å²) in [5, 5.41) is 12.8. The van der Waals surface area contributed by atoms with Crippen molar-refractivity contribution in [3.05, 3.63) is 34.9 Å². The number of aliphatic carboxylic acids is 1. The van der Waals surface area contributed by atoms with Gasteiger partial charge in [-0.05, 0) is 45.3 Å². The molecule has 0 aromatic heterocycles. The monoisotopic (exact) mass is 233 g/mol. The number of nitrogens with one attached hydrogen (secondary N) is 1. The van der Waals surface area contributed by atoms with E-state index in [9.17, 15) is 9.90 Å². The van der Waals surface area contributed by atoms with Gasteiger partial charge in [-0.1, -0.05) is 29.3 Å². The van der Waals surface area contributed by atoms with Gasteiger partial charge < -0.3 is 10.4 Å². The summed E-state index contributed by atoms with van der Waals surface area (Å²) in [5.41, 5.74) is 2.55. The molecule has 17 heavy (non-hydrogen) atoms. The van der Waals surface area contributed by atoms with Crippen LogP contribution in [0.2, 0.25) is 0 Å². The average Bonchev–Trinajstić information content (AvgIpc) is 2.28. The van der Waals surface area contributed by atoms with Crippen LogP contribution in [-0.4, -0.2) is 24.2 Å². The summed E-state index contributed by atoms with van der Waals surface area (Å²) < 4.78 is 0.